The Kier molecular flexibility index (Phi) is 4.43. The van der Waals surface area contributed by atoms with Crippen molar-refractivity contribution in [3.63, 3.8) is 0 Å². The molecule has 2 N–H and O–H groups in total. The summed E-state index contributed by atoms with van der Waals surface area (Å²) < 4.78 is 28.8. The highest BCUT2D eigenvalue weighted by Crippen LogP contribution is 2.30. The van der Waals surface area contributed by atoms with Crippen LogP contribution in [0.5, 0.6) is 0 Å². The fourth-order valence-corrected chi connectivity index (χ4v) is 5.56. The number of primary amides is 1. The Morgan fingerprint density at radius 1 is 1.21 bits per heavy atom. The Hall–Kier alpha value is -1.45. The first-order valence-electron chi connectivity index (χ1n) is 8.25. The van der Waals surface area contributed by atoms with Gasteiger partial charge in [0.1, 0.15) is 4.90 Å². The number of hydrogen-bond acceptors (Lipinski definition) is 5. The SMILES string of the molecule is Cc1nn(C)c(C)c1S(=O)(=O)N1CC(N2CCC(C(N)=O)CC2)C1. The van der Waals surface area contributed by atoms with Crippen molar-refractivity contribution in [1.29, 1.82) is 0 Å². The summed E-state index contributed by atoms with van der Waals surface area (Å²) >= 11 is 0. The van der Waals surface area contributed by atoms with Crippen LogP contribution in [-0.4, -0.2) is 65.5 Å². The van der Waals surface area contributed by atoms with E-state index in [0.717, 1.165) is 25.9 Å². The van der Waals surface area contributed by atoms with Gasteiger partial charge in [0.05, 0.1) is 11.4 Å². The van der Waals surface area contributed by atoms with Crippen LogP contribution in [0, 0.1) is 19.8 Å². The molecule has 0 spiro atoms. The number of nitrogens with two attached hydrogens (primary N) is 1. The molecule has 0 bridgehead atoms. The minimum Gasteiger partial charge on any atom is -0.369 e. The maximum Gasteiger partial charge on any atom is 0.246 e. The molecule has 24 heavy (non-hydrogen) atoms. The van der Waals surface area contributed by atoms with E-state index in [-0.39, 0.29) is 17.9 Å². The van der Waals surface area contributed by atoms with Crippen LogP contribution in [0.3, 0.4) is 0 Å². The second kappa shape index (κ2) is 6.12. The summed E-state index contributed by atoms with van der Waals surface area (Å²) in [6.07, 6.45) is 1.53. The van der Waals surface area contributed by atoms with Crippen molar-refractivity contribution in [3.05, 3.63) is 11.4 Å². The first kappa shape index (κ1) is 17.4. The molecule has 2 fully saturated rings. The molecular weight excluding hydrogens is 330 g/mol. The molecule has 8 nitrogen and oxygen atoms in total. The fraction of sp³-hybridized carbons (Fsp3) is 0.733. The number of aromatic nitrogens is 2. The van der Waals surface area contributed by atoms with Gasteiger partial charge in [-0.2, -0.15) is 9.40 Å². The van der Waals surface area contributed by atoms with Gasteiger partial charge in [0, 0.05) is 32.1 Å². The van der Waals surface area contributed by atoms with Crippen LogP contribution in [0.1, 0.15) is 24.2 Å². The zero-order valence-electron chi connectivity index (χ0n) is 14.4. The van der Waals surface area contributed by atoms with Gasteiger partial charge in [0.2, 0.25) is 15.9 Å². The highest BCUT2D eigenvalue weighted by molar-refractivity contribution is 7.89. The first-order valence-corrected chi connectivity index (χ1v) is 9.69. The Morgan fingerprint density at radius 3 is 2.25 bits per heavy atom. The molecule has 0 aliphatic carbocycles. The van der Waals surface area contributed by atoms with Crippen molar-refractivity contribution in [2.75, 3.05) is 26.2 Å². The molecule has 2 aliphatic heterocycles. The Balaban J connectivity index is 1.63. The molecule has 3 heterocycles. The standard InChI is InChI=1S/C15H25N5O3S/c1-10-14(11(2)18(3)17-10)24(22,23)20-8-13(9-20)19-6-4-12(5-7-19)15(16)21/h12-13H,4-9H2,1-3H3,(H2,16,21). The van der Waals surface area contributed by atoms with E-state index in [1.807, 2.05) is 0 Å². The van der Waals surface area contributed by atoms with Crippen molar-refractivity contribution >= 4 is 15.9 Å². The summed E-state index contributed by atoms with van der Waals surface area (Å²) in [5, 5.41) is 4.21. The second-order valence-electron chi connectivity index (χ2n) is 6.81. The van der Waals surface area contributed by atoms with E-state index in [2.05, 4.69) is 10.00 Å². The normalized spacial score (nSPS) is 21.8. The number of likely N-dealkylation sites (tertiary alicyclic amines) is 1. The predicted octanol–water partition coefficient (Wildman–Crippen LogP) is -0.393. The molecule has 0 radical (unpaired) electrons. The van der Waals surface area contributed by atoms with Gasteiger partial charge in [0.25, 0.3) is 0 Å². The lowest BCUT2D eigenvalue weighted by molar-refractivity contribution is -0.123. The molecule has 0 atom stereocenters. The summed E-state index contributed by atoms with van der Waals surface area (Å²) in [5.74, 6) is -0.267. The Bertz CT molecular complexity index is 743. The van der Waals surface area contributed by atoms with Crippen LogP contribution in [0.4, 0.5) is 0 Å². The van der Waals surface area contributed by atoms with Crippen molar-refractivity contribution in [1.82, 2.24) is 19.0 Å². The van der Waals surface area contributed by atoms with Crippen LogP contribution in [-0.2, 0) is 21.9 Å². The molecule has 3 rings (SSSR count). The first-order chi connectivity index (χ1) is 11.2. The summed E-state index contributed by atoms with van der Waals surface area (Å²) in [5.41, 5.74) is 6.56. The van der Waals surface area contributed by atoms with Gasteiger partial charge < -0.3 is 5.73 Å². The lowest BCUT2D eigenvalue weighted by Gasteiger charge is -2.46. The number of nitrogens with zero attached hydrogens (tertiary/aromatic N) is 4. The molecule has 2 aliphatic rings. The van der Waals surface area contributed by atoms with Crippen LogP contribution in [0.25, 0.3) is 0 Å². The molecule has 1 aromatic rings. The number of carbonyl (C=O) groups excluding carboxylic acids is 1. The number of sulfonamides is 1. The zero-order valence-corrected chi connectivity index (χ0v) is 15.2. The summed E-state index contributed by atoms with van der Waals surface area (Å²) in [6.45, 7) is 6.10. The lowest BCUT2D eigenvalue weighted by atomic mass is 9.94. The Labute approximate surface area is 142 Å². The number of piperidine rings is 1. The highest BCUT2D eigenvalue weighted by Gasteiger charge is 2.42. The van der Waals surface area contributed by atoms with Crippen LogP contribution < -0.4 is 5.73 Å². The van der Waals surface area contributed by atoms with Crippen LogP contribution in [0.2, 0.25) is 0 Å². The average Bonchev–Trinajstić information content (AvgIpc) is 2.71. The van der Waals surface area contributed by atoms with Gasteiger partial charge in [-0.15, -0.1) is 0 Å². The topological polar surface area (TPSA) is 102 Å². The quantitative estimate of drug-likeness (QED) is 0.792. The van der Waals surface area contributed by atoms with Gasteiger partial charge in [-0.25, -0.2) is 8.42 Å². The highest BCUT2D eigenvalue weighted by atomic mass is 32.2. The van der Waals surface area contributed by atoms with E-state index < -0.39 is 10.0 Å². The summed E-state index contributed by atoms with van der Waals surface area (Å²) in [4.78, 5) is 13.8. The third kappa shape index (κ3) is 2.84. The second-order valence-corrected chi connectivity index (χ2v) is 8.69. The molecule has 9 heteroatoms. The van der Waals surface area contributed by atoms with Crippen LogP contribution >= 0.6 is 0 Å². The smallest absolute Gasteiger partial charge is 0.246 e. The average molecular weight is 355 g/mol. The molecule has 0 unspecified atom stereocenters. The monoisotopic (exact) mass is 355 g/mol. The van der Waals surface area contributed by atoms with Gasteiger partial charge in [-0.05, 0) is 39.8 Å². The maximum atomic E-state index is 12.8. The minimum atomic E-state index is -3.49. The van der Waals surface area contributed by atoms with E-state index in [0.29, 0.717) is 29.4 Å². The van der Waals surface area contributed by atoms with E-state index >= 15 is 0 Å². The van der Waals surface area contributed by atoms with Crippen molar-refractivity contribution < 1.29 is 13.2 Å². The Morgan fingerprint density at radius 2 is 1.79 bits per heavy atom. The largest absolute Gasteiger partial charge is 0.369 e. The van der Waals surface area contributed by atoms with Crippen LogP contribution in [0.15, 0.2) is 4.90 Å². The molecular formula is C15H25N5O3S. The molecule has 1 aromatic heterocycles. The maximum absolute atomic E-state index is 12.8. The molecule has 1 amide bonds. The minimum absolute atomic E-state index is 0.0399. The molecule has 0 aromatic carbocycles. The summed E-state index contributed by atoms with van der Waals surface area (Å²) in [6, 6.07) is 0.228. The summed E-state index contributed by atoms with van der Waals surface area (Å²) in [7, 11) is -1.74. The van der Waals surface area contributed by atoms with E-state index in [9.17, 15) is 13.2 Å². The number of amides is 1. The third-order valence-electron chi connectivity index (χ3n) is 5.32. The van der Waals surface area contributed by atoms with Gasteiger partial charge in [0.15, 0.2) is 0 Å². The van der Waals surface area contributed by atoms with E-state index in [1.165, 1.54) is 4.31 Å². The number of carbonyl (C=O) groups is 1. The molecule has 2 saturated heterocycles. The molecule has 134 valence electrons. The van der Waals surface area contributed by atoms with Gasteiger partial charge in [-0.3, -0.25) is 14.4 Å². The van der Waals surface area contributed by atoms with E-state index in [4.69, 9.17) is 5.73 Å². The predicted molar refractivity (Wildman–Crippen MR) is 88.7 cm³/mol. The zero-order chi connectivity index (χ0) is 17.6. The van der Waals surface area contributed by atoms with Gasteiger partial charge in [-0.1, -0.05) is 0 Å². The van der Waals surface area contributed by atoms with E-state index in [1.54, 1.807) is 25.6 Å². The van der Waals surface area contributed by atoms with Crippen molar-refractivity contribution in [3.8, 4) is 0 Å². The van der Waals surface area contributed by atoms with Gasteiger partial charge >= 0.3 is 0 Å². The number of hydrogen-bond donors (Lipinski definition) is 1. The lowest BCUT2D eigenvalue weighted by Crippen LogP contribution is -2.62. The van der Waals surface area contributed by atoms with Crippen molar-refractivity contribution in [2.24, 2.45) is 18.7 Å². The number of aryl methyl sites for hydroxylation is 2. The number of rotatable bonds is 4. The fourth-order valence-electron chi connectivity index (χ4n) is 3.65. The van der Waals surface area contributed by atoms with Crippen molar-refractivity contribution in [2.45, 2.75) is 37.6 Å². The third-order valence-corrected chi connectivity index (χ3v) is 7.40. The molecule has 0 saturated carbocycles.